The van der Waals surface area contributed by atoms with Gasteiger partial charge in [0.25, 0.3) is 0 Å². The van der Waals surface area contributed by atoms with Gasteiger partial charge >= 0.3 is 0 Å². The van der Waals surface area contributed by atoms with Crippen LogP contribution in [0.1, 0.15) is 12.5 Å². The van der Waals surface area contributed by atoms with E-state index in [1.165, 1.54) is 5.56 Å². The molecule has 1 amide bonds. The number of amides is 1. The van der Waals surface area contributed by atoms with Crippen molar-refractivity contribution >= 4 is 5.91 Å². The summed E-state index contributed by atoms with van der Waals surface area (Å²) in [6.45, 7) is 6.25. The molecule has 4 heteroatoms. The molecule has 104 valence electrons. The van der Waals surface area contributed by atoms with Gasteiger partial charge in [0.1, 0.15) is 0 Å². The first kappa shape index (κ1) is 14.0. The van der Waals surface area contributed by atoms with Gasteiger partial charge < -0.3 is 10.2 Å². The van der Waals surface area contributed by atoms with Gasteiger partial charge in [-0.05, 0) is 12.5 Å². The second-order valence-electron chi connectivity index (χ2n) is 5.26. The van der Waals surface area contributed by atoms with Crippen molar-refractivity contribution in [2.45, 2.75) is 19.5 Å². The number of piperazine rings is 1. The van der Waals surface area contributed by atoms with E-state index in [-0.39, 0.29) is 5.91 Å². The summed E-state index contributed by atoms with van der Waals surface area (Å²) in [5.41, 5.74) is 1.17. The number of benzene rings is 1. The quantitative estimate of drug-likeness (QED) is 0.876. The fraction of sp³-hybridized carbons (Fsp3) is 0.533. The number of hydrogen-bond acceptors (Lipinski definition) is 3. The average molecular weight is 261 g/mol. The van der Waals surface area contributed by atoms with Gasteiger partial charge in [0, 0.05) is 39.3 Å². The normalized spacial score (nSPS) is 20.2. The summed E-state index contributed by atoms with van der Waals surface area (Å²) in [5, 5.41) is 3.34. The first-order valence-corrected chi connectivity index (χ1v) is 6.89. The van der Waals surface area contributed by atoms with Gasteiger partial charge in [0.2, 0.25) is 5.91 Å². The second kappa shape index (κ2) is 6.68. The van der Waals surface area contributed by atoms with Crippen molar-refractivity contribution in [3.05, 3.63) is 35.9 Å². The fourth-order valence-electron chi connectivity index (χ4n) is 2.36. The number of nitrogens with zero attached hydrogens (tertiary/aromatic N) is 2. The largest absolute Gasteiger partial charge is 0.340 e. The Morgan fingerprint density at radius 2 is 2.16 bits per heavy atom. The molecular weight excluding hydrogens is 238 g/mol. The van der Waals surface area contributed by atoms with Gasteiger partial charge in [0.15, 0.2) is 0 Å². The zero-order chi connectivity index (χ0) is 13.7. The van der Waals surface area contributed by atoms with Crippen molar-refractivity contribution in [1.29, 1.82) is 0 Å². The van der Waals surface area contributed by atoms with E-state index in [9.17, 15) is 4.79 Å². The Balaban J connectivity index is 1.85. The van der Waals surface area contributed by atoms with E-state index in [1.807, 2.05) is 30.1 Å². The fourth-order valence-corrected chi connectivity index (χ4v) is 2.36. The molecule has 1 aromatic carbocycles. The number of hydrogen-bond donors (Lipinski definition) is 1. The van der Waals surface area contributed by atoms with Crippen molar-refractivity contribution < 1.29 is 4.79 Å². The molecule has 4 nitrogen and oxygen atoms in total. The Hall–Kier alpha value is -1.39. The second-order valence-corrected chi connectivity index (χ2v) is 5.26. The van der Waals surface area contributed by atoms with Crippen LogP contribution in [0.25, 0.3) is 0 Å². The van der Waals surface area contributed by atoms with Crippen molar-refractivity contribution in [2.24, 2.45) is 0 Å². The van der Waals surface area contributed by atoms with E-state index >= 15 is 0 Å². The van der Waals surface area contributed by atoms with Crippen LogP contribution in [0.4, 0.5) is 0 Å². The molecule has 2 rings (SSSR count). The minimum absolute atomic E-state index is 0.192. The molecule has 1 heterocycles. The highest BCUT2D eigenvalue weighted by atomic mass is 16.2. The lowest BCUT2D eigenvalue weighted by Crippen LogP contribution is -2.52. The van der Waals surface area contributed by atoms with E-state index in [1.54, 1.807) is 0 Å². The molecule has 1 unspecified atom stereocenters. The molecule has 1 aliphatic rings. The summed E-state index contributed by atoms with van der Waals surface area (Å²) in [6.07, 6.45) is 0. The average Bonchev–Trinajstić information content (AvgIpc) is 2.42. The summed E-state index contributed by atoms with van der Waals surface area (Å²) in [5.74, 6) is 0.192. The number of carbonyl (C=O) groups excluding carboxylic acids is 1. The van der Waals surface area contributed by atoms with Crippen molar-refractivity contribution in [1.82, 2.24) is 15.1 Å². The van der Waals surface area contributed by atoms with Crippen LogP contribution in [0.3, 0.4) is 0 Å². The molecule has 1 aliphatic heterocycles. The molecule has 0 aliphatic carbocycles. The standard InChI is InChI=1S/C15H23N3O/c1-13-10-16-8-9-18(13)12-15(19)17(2)11-14-6-4-3-5-7-14/h3-7,13,16H,8-12H2,1-2H3. The van der Waals surface area contributed by atoms with Crippen LogP contribution in [0.5, 0.6) is 0 Å². The molecule has 0 bridgehead atoms. The van der Waals surface area contributed by atoms with Crippen LogP contribution >= 0.6 is 0 Å². The Morgan fingerprint density at radius 3 is 2.84 bits per heavy atom. The smallest absolute Gasteiger partial charge is 0.236 e. The Bertz CT molecular complexity index is 407. The van der Waals surface area contributed by atoms with E-state index in [0.717, 1.165) is 19.6 Å². The van der Waals surface area contributed by atoms with Crippen LogP contribution in [0.15, 0.2) is 30.3 Å². The van der Waals surface area contributed by atoms with Gasteiger partial charge in [-0.15, -0.1) is 0 Å². The lowest BCUT2D eigenvalue weighted by atomic mass is 10.2. The minimum atomic E-state index is 0.192. The number of nitrogens with one attached hydrogen (secondary N) is 1. The summed E-state index contributed by atoms with van der Waals surface area (Å²) < 4.78 is 0. The molecular formula is C15H23N3O. The van der Waals surface area contributed by atoms with Crippen molar-refractivity contribution in [3.63, 3.8) is 0 Å². The van der Waals surface area contributed by atoms with Crippen LogP contribution in [-0.2, 0) is 11.3 Å². The van der Waals surface area contributed by atoms with E-state index in [2.05, 4.69) is 29.3 Å². The van der Waals surface area contributed by atoms with Crippen molar-refractivity contribution in [2.75, 3.05) is 33.2 Å². The molecule has 0 spiro atoms. The summed E-state index contributed by atoms with van der Waals surface area (Å²) in [6, 6.07) is 10.5. The van der Waals surface area contributed by atoms with Gasteiger partial charge in [-0.2, -0.15) is 0 Å². The zero-order valence-electron chi connectivity index (χ0n) is 11.8. The molecule has 1 N–H and O–H groups in total. The SMILES string of the molecule is CC1CNCCN1CC(=O)N(C)Cc1ccccc1. The summed E-state index contributed by atoms with van der Waals surface area (Å²) in [4.78, 5) is 16.3. The minimum Gasteiger partial charge on any atom is -0.340 e. The molecule has 1 atom stereocenters. The van der Waals surface area contributed by atoms with E-state index in [0.29, 0.717) is 19.1 Å². The lowest BCUT2D eigenvalue weighted by Gasteiger charge is -2.34. The molecule has 1 saturated heterocycles. The molecule has 1 fully saturated rings. The van der Waals surface area contributed by atoms with Gasteiger partial charge in [0.05, 0.1) is 6.54 Å². The highest BCUT2D eigenvalue weighted by Crippen LogP contribution is 2.06. The third-order valence-corrected chi connectivity index (χ3v) is 3.67. The van der Waals surface area contributed by atoms with Crippen LogP contribution < -0.4 is 5.32 Å². The van der Waals surface area contributed by atoms with Crippen LogP contribution in [0.2, 0.25) is 0 Å². The highest BCUT2D eigenvalue weighted by Gasteiger charge is 2.21. The highest BCUT2D eigenvalue weighted by molar-refractivity contribution is 5.78. The van der Waals surface area contributed by atoms with Crippen molar-refractivity contribution in [3.8, 4) is 0 Å². The predicted molar refractivity (Wildman–Crippen MR) is 76.8 cm³/mol. The van der Waals surface area contributed by atoms with Gasteiger partial charge in [-0.3, -0.25) is 9.69 Å². The zero-order valence-corrected chi connectivity index (χ0v) is 11.8. The Morgan fingerprint density at radius 1 is 1.42 bits per heavy atom. The third kappa shape index (κ3) is 4.04. The molecule has 0 aromatic heterocycles. The summed E-state index contributed by atoms with van der Waals surface area (Å²) >= 11 is 0. The molecule has 1 aromatic rings. The maximum absolute atomic E-state index is 12.2. The van der Waals surface area contributed by atoms with Gasteiger partial charge in [-0.25, -0.2) is 0 Å². The molecule has 0 radical (unpaired) electrons. The van der Waals surface area contributed by atoms with Gasteiger partial charge in [-0.1, -0.05) is 30.3 Å². The molecule has 19 heavy (non-hydrogen) atoms. The summed E-state index contributed by atoms with van der Waals surface area (Å²) in [7, 11) is 1.88. The maximum Gasteiger partial charge on any atom is 0.236 e. The topological polar surface area (TPSA) is 35.6 Å². The maximum atomic E-state index is 12.2. The molecule has 0 saturated carbocycles. The van der Waals surface area contributed by atoms with Crippen LogP contribution in [-0.4, -0.2) is 55.0 Å². The first-order chi connectivity index (χ1) is 9.16. The predicted octanol–water partition coefficient (Wildman–Crippen LogP) is 0.939. The Kier molecular flexibility index (Phi) is 4.93. The van der Waals surface area contributed by atoms with E-state index in [4.69, 9.17) is 0 Å². The Labute approximate surface area is 115 Å². The number of carbonyl (C=O) groups is 1. The monoisotopic (exact) mass is 261 g/mol. The first-order valence-electron chi connectivity index (χ1n) is 6.89. The number of rotatable bonds is 4. The third-order valence-electron chi connectivity index (χ3n) is 3.67. The lowest BCUT2D eigenvalue weighted by molar-refractivity contribution is -0.132. The van der Waals surface area contributed by atoms with Crippen LogP contribution in [0, 0.1) is 0 Å². The number of likely N-dealkylation sites (N-methyl/N-ethyl adjacent to an activating group) is 1. The van der Waals surface area contributed by atoms with E-state index < -0.39 is 0 Å².